The molecule has 1 aliphatic rings. The molecule has 0 bridgehead atoms. The van der Waals surface area contributed by atoms with Crippen molar-refractivity contribution < 1.29 is 24.4 Å². The van der Waals surface area contributed by atoms with Gasteiger partial charge >= 0.3 is 5.69 Å². The Bertz CT molecular complexity index is 1210. The second-order valence-corrected chi connectivity index (χ2v) is 8.64. The zero-order valence-electron chi connectivity index (χ0n) is 19.5. The van der Waals surface area contributed by atoms with E-state index >= 15 is 0 Å². The van der Waals surface area contributed by atoms with Crippen LogP contribution in [-0.2, 0) is 27.4 Å². The third-order valence-corrected chi connectivity index (χ3v) is 6.27. The lowest BCUT2D eigenvalue weighted by atomic mass is 9.88. The van der Waals surface area contributed by atoms with Crippen LogP contribution < -0.4 is 11.2 Å². The van der Waals surface area contributed by atoms with E-state index < -0.39 is 35.3 Å². The van der Waals surface area contributed by atoms with E-state index in [0.717, 1.165) is 15.7 Å². The first-order valence-corrected chi connectivity index (χ1v) is 11.5. The normalized spacial score (nSPS) is 24.0. The largest absolute Gasteiger partial charge is 0.396 e. The van der Waals surface area contributed by atoms with Crippen molar-refractivity contribution in [3.63, 3.8) is 0 Å². The molecule has 2 aromatic carbocycles. The van der Waals surface area contributed by atoms with Gasteiger partial charge in [-0.2, -0.15) is 0 Å². The van der Waals surface area contributed by atoms with Crippen LogP contribution in [0.5, 0.6) is 0 Å². The Labute approximate surface area is 202 Å². The van der Waals surface area contributed by atoms with E-state index in [1.54, 1.807) is 6.92 Å². The Morgan fingerprint density at radius 2 is 1.66 bits per heavy atom. The Kier molecular flexibility index (Phi) is 7.94. The number of nitrogens with one attached hydrogen (secondary N) is 1. The summed E-state index contributed by atoms with van der Waals surface area (Å²) in [5.74, 6) is 0. The van der Waals surface area contributed by atoms with Crippen molar-refractivity contribution >= 4 is 0 Å². The highest BCUT2D eigenvalue weighted by atomic mass is 16.6. The van der Waals surface area contributed by atoms with Gasteiger partial charge in [-0.3, -0.25) is 14.3 Å². The predicted octanol–water partition coefficient (Wildman–Crippen LogP) is 1.66. The van der Waals surface area contributed by atoms with Crippen LogP contribution in [0, 0.1) is 6.92 Å². The highest BCUT2D eigenvalue weighted by Crippen LogP contribution is 2.42. The van der Waals surface area contributed by atoms with Crippen LogP contribution in [0.15, 0.2) is 76.4 Å². The minimum absolute atomic E-state index is 0.0496. The van der Waals surface area contributed by atoms with Crippen LogP contribution in [0.2, 0.25) is 0 Å². The summed E-state index contributed by atoms with van der Waals surface area (Å²) < 4.78 is 19.5. The second kappa shape index (κ2) is 11.1. The highest BCUT2D eigenvalue weighted by Gasteiger charge is 2.58. The molecule has 186 valence electrons. The number of aliphatic hydroxyl groups excluding tert-OH is 2. The zero-order valence-corrected chi connectivity index (χ0v) is 19.5. The summed E-state index contributed by atoms with van der Waals surface area (Å²) in [6, 6.07) is 19.0. The molecule has 0 amide bonds. The van der Waals surface area contributed by atoms with Gasteiger partial charge in [0.15, 0.2) is 6.23 Å². The summed E-state index contributed by atoms with van der Waals surface area (Å²) in [5, 5.41) is 21.4. The maximum Gasteiger partial charge on any atom is 0.330 e. The van der Waals surface area contributed by atoms with Gasteiger partial charge < -0.3 is 24.4 Å². The average molecular weight is 483 g/mol. The van der Waals surface area contributed by atoms with Gasteiger partial charge in [0.25, 0.3) is 5.56 Å². The molecule has 1 aromatic heterocycles. The maximum absolute atomic E-state index is 12.6. The van der Waals surface area contributed by atoms with E-state index in [-0.39, 0.29) is 26.2 Å². The number of aliphatic hydroxyl groups is 2. The molecule has 1 saturated heterocycles. The Morgan fingerprint density at radius 1 is 1.03 bits per heavy atom. The van der Waals surface area contributed by atoms with E-state index in [1.807, 2.05) is 60.7 Å². The molecule has 9 heteroatoms. The third-order valence-electron chi connectivity index (χ3n) is 6.27. The van der Waals surface area contributed by atoms with Crippen LogP contribution in [0.1, 0.15) is 29.3 Å². The lowest BCUT2D eigenvalue weighted by molar-refractivity contribution is -0.159. The molecule has 4 rings (SSSR count). The van der Waals surface area contributed by atoms with E-state index in [2.05, 4.69) is 4.98 Å². The van der Waals surface area contributed by atoms with Crippen LogP contribution in [0.3, 0.4) is 0 Å². The van der Waals surface area contributed by atoms with E-state index in [0.29, 0.717) is 12.2 Å². The van der Waals surface area contributed by atoms with Crippen LogP contribution in [0.25, 0.3) is 0 Å². The number of aromatic amines is 1. The fourth-order valence-corrected chi connectivity index (χ4v) is 4.35. The molecule has 0 spiro atoms. The smallest absolute Gasteiger partial charge is 0.330 e. The summed E-state index contributed by atoms with van der Waals surface area (Å²) in [7, 11) is 0. The summed E-state index contributed by atoms with van der Waals surface area (Å²) in [4.78, 5) is 26.7. The van der Waals surface area contributed by atoms with E-state index in [1.165, 1.54) is 6.20 Å². The average Bonchev–Trinajstić information content (AvgIpc) is 3.13. The number of benzene rings is 2. The lowest BCUT2D eigenvalue weighted by Gasteiger charge is -2.36. The summed E-state index contributed by atoms with van der Waals surface area (Å²) in [6.07, 6.45) is -1.88. The number of hydrogen-bond acceptors (Lipinski definition) is 7. The summed E-state index contributed by atoms with van der Waals surface area (Å²) in [5.41, 5.74) is -0.452. The van der Waals surface area contributed by atoms with Gasteiger partial charge in [-0.25, -0.2) is 4.79 Å². The van der Waals surface area contributed by atoms with Crippen LogP contribution in [-0.4, -0.2) is 50.8 Å². The van der Waals surface area contributed by atoms with Crippen molar-refractivity contribution in [1.82, 2.24) is 9.55 Å². The molecule has 35 heavy (non-hydrogen) atoms. The van der Waals surface area contributed by atoms with Gasteiger partial charge in [-0.15, -0.1) is 0 Å². The topological polar surface area (TPSA) is 123 Å². The van der Waals surface area contributed by atoms with Gasteiger partial charge in [0.2, 0.25) is 0 Å². The maximum atomic E-state index is 12.6. The van der Waals surface area contributed by atoms with Crippen molar-refractivity contribution in [3.05, 3.63) is 104 Å². The molecule has 0 saturated carbocycles. The van der Waals surface area contributed by atoms with E-state index in [4.69, 9.17) is 14.2 Å². The van der Waals surface area contributed by atoms with Gasteiger partial charge in [-0.1, -0.05) is 60.7 Å². The van der Waals surface area contributed by atoms with E-state index in [9.17, 15) is 19.8 Å². The van der Waals surface area contributed by atoms with Gasteiger partial charge in [0, 0.05) is 24.8 Å². The molecule has 3 aromatic rings. The molecule has 3 N–H and O–H groups in total. The Morgan fingerprint density at radius 3 is 2.29 bits per heavy atom. The van der Waals surface area contributed by atoms with Crippen molar-refractivity contribution in [1.29, 1.82) is 0 Å². The molecule has 1 aliphatic heterocycles. The number of ether oxygens (including phenoxy) is 3. The molecular formula is C26H30N2O7. The third kappa shape index (κ3) is 5.44. The molecule has 2 heterocycles. The SMILES string of the molecule is Cc1cn(C2O[C@H](COCc3ccccc3)[C@@](CCO)(OCc3ccccc3)[C@@H]2O)c(=O)[nH]c1=O. The van der Waals surface area contributed by atoms with Gasteiger partial charge in [0.1, 0.15) is 17.8 Å². The van der Waals surface area contributed by atoms with Gasteiger partial charge in [0.05, 0.1) is 19.8 Å². The van der Waals surface area contributed by atoms with Crippen LogP contribution in [0.4, 0.5) is 0 Å². The second-order valence-electron chi connectivity index (χ2n) is 8.64. The first kappa shape index (κ1) is 25.0. The zero-order chi connectivity index (χ0) is 24.8. The molecule has 4 atom stereocenters. The standard InChI is InChI=1S/C26H30N2O7/c1-18-14-28(25(32)27-23(18)31)24-22(30)26(12-13-29,34-16-20-10-6-3-7-11-20)21(35-24)17-33-15-19-8-4-2-5-9-19/h2-11,14,21-22,24,29-30H,12-13,15-17H2,1H3,(H,27,31,32)/t21-,22-,24?,26-/m1/s1. The van der Waals surface area contributed by atoms with Crippen molar-refractivity contribution in [2.24, 2.45) is 0 Å². The number of rotatable bonds is 10. The van der Waals surface area contributed by atoms with Gasteiger partial charge in [-0.05, 0) is 18.1 Å². The first-order valence-electron chi connectivity index (χ1n) is 11.5. The molecular weight excluding hydrogens is 452 g/mol. The van der Waals surface area contributed by atoms with Crippen molar-refractivity contribution in [2.45, 2.75) is 50.6 Å². The highest BCUT2D eigenvalue weighted by molar-refractivity contribution is 5.15. The molecule has 1 fully saturated rings. The molecule has 0 radical (unpaired) electrons. The molecule has 0 aliphatic carbocycles. The summed E-state index contributed by atoms with van der Waals surface area (Å²) >= 11 is 0. The molecule has 9 nitrogen and oxygen atoms in total. The first-order chi connectivity index (χ1) is 16.9. The van der Waals surface area contributed by atoms with Crippen molar-refractivity contribution in [2.75, 3.05) is 13.2 Å². The number of aryl methyl sites for hydroxylation is 1. The minimum Gasteiger partial charge on any atom is -0.396 e. The minimum atomic E-state index is -1.37. The lowest BCUT2D eigenvalue weighted by Crippen LogP contribution is -2.52. The summed E-state index contributed by atoms with van der Waals surface area (Å²) in [6.45, 7) is 1.80. The fourth-order valence-electron chi connectivity index (χ4n) is 4.35. The van der Waals surface area contributed by atoms with Crippen LogP contribution >= 0.6 is 0 Å². The number of H-pyrrole nitrogens is 1. The number of hydrogen-bond donors (Lipinski definition) is 3. The monoisotopic (exact) mass is 482 g/mol. The molecule has 1 unspecified atom stereocenters. The number of aromatic nitrogens is 2. The Hall–Kier alpha value is -3.08. The fraction of sp³-hybridized carbons (Fsp3) is 0.385. The predicted molar refractivity (Wildman–Crippen MR) is 128 cm³/mol. The Balaban J connectivity index is 1.64. The quantitative estimate of drug-likeness (QED) is 0.402. The number of nitrogens with zero attached hydrogens (tertiary/aromatic N) is 1. The van der Waals surface area contributed by atoms with Crippen molar-refractivity contribution in [3.8, 4) is 0 Å².